The molecule has 0 saturated carbocycles. The SMILES string of the molecule is CCN(CC)C(=O)c1cn(C(C)(C)C)c2cccc(N)c2c1=O. The molecule has 1 aromatic carbocycles. The monoisotopic (exact) mass is 315 g/mol. The molecule has 0 aliphatic heterocycles. The molecule has 2 rings (SSSR count). The van der Waals surface area contributed by atoms with E-state index in [0.717, 1.165) is 5.52 Å². The van der Waals surface area contributed by atoms with Gasteiger partial charge in [0.1, 0.15) is 5.56 Å². The van der Waals surface area contributed by atoms with Gasteiger partial charge in [-0.25, -0.2) is 0 Å². The van der Waals surface area contributed by atoms with Crippen LogP contribution in [-0.4, -0.2) is 28.5 Å². The zero-order valence-electron chi connectivity index (χ0n) is 14.5. The third-order valence-corrected chi connectivity index (χ3v) is 4.07. The third kappa shape index (κ3) is 2.96. The summed E-state index contributed by atoms with van der Waals surface area (Å²) in [7, 11) is 0. The molecular formula is C18H25N3O2. The van der Waals surface area contributed by atoms with Crippen LogP contribution in [0, 0.1) is 0 Å². The van der Waals surface area contributed by atoms with Crippen molar-refractivity contribution in [1.82, 2.24) is 9.47 Å². The fourth-order valence-corrected chi connectivity index (χ4v) is 2.79. The Labute approximate surface area is 136 Å². The topological polar surface area (TPSA) is 68.3 Å². The van der Waals surface area contributed by atoms with E-state index in [-0.39, 0.29) is 22.4 Å². The molecule has 0 fully saturated rings. The summed E-state index contributed by atoms with van der Waals surface area (Å²) in [6.07, 6.45) is 1.67. The molecule has 5 heteroatoms. The Balaban J connectivity index is 2.88. The largest absolute Gasteiger partial charge is 0.398 e. The van der Waals surface area contributed by atoms with Crippen LogP contribution < -0.4 is 11.2 Å². The van der Waals surface area contributed by atoms with Gasteiger partial charge < -0.3 is 15.2 Å². The predicted molar refractivity (Wildman–Crippen MR) is 94.9 cm³/mol. The van der Waals surface area contributed by atoms with Gasteiger partial charge in [0.25, 0.3) is 5.91 Å². The van der Waals surface area contributed by atoms with E-state index in [9.17, 15) is 9.59 Å². The van der Waals surface area contributed by atoms with Gasteiger partial charge in [-0.1, -0.05) is 6.07 Å². The number of rotatable bonds is 3. The standard InChI is InChI=1S/C18H25N3O2/c1-6-20(7-2)17(23)12-11-21(18(3,4)5)14-10-8-9-13(19)15(14)16(12)22/h8-11H,6-7,19H2,1-5H3. The van der Waals surface area contributed by atoms with Crippen molar-refractivity contribution < 1.29 is 4.79 Å². The van der Waals surface area contributed by atoms with Gasteiger partial charge in [-0.15, -0.1) is 0 Å². The van der Waals surface area contributed by atoms with Crippen molar-refractivity contribution in [3.8, 4) is 0 Å². The maximum absolute atomic E-state index is 12.9. The van der Waals surface area contributed by atoms with E-state index in [1.807, 2.05) is 51.3 Å². The van der Waals surface area contributed by atoms with Crippen molar-refractivity contribution in [1.29, 1.82) is 0 Å². The number of hydrogen-bond acceptors (Lipinski definition) is 3. The summed E-state index contributed by atoms with van der Waals surface area (Å²) in [6, 6.07) is 5.39. The first-order valence-corrected chi connectivity index (χ1v) is 7.96. The Morgan fingerprint density at radius 3 is 2.35 bits per heavy atom. The molecule has 0 saturated heterocycles. The van der Waals surface area contributed by atoms with Crippen LogP contribution in [0.5, 0.6) is 0 Å². The molecule has 0 spiro atoms. The molecule has 0 atom stereocenters. The van der Waals surface area contributed by atoms with Gasteiger partial charge in [0.2, 0.25) is 5.43 Å². The lowest BCUT2D eigenvalue weighted by atomic mass is 10.0. The minimum atomic E-state index is -0.296. The first kappa shape index (κ1) is 17.1. The molecule has 23 heavy (non-hydrogen) atoms. The smallest absolute Gasteiger partial charge is 0.259 e. The number of benzene rings is 1. The van der Waals surface area contributed by atoms with Crippen molar-refractivity contribution in [3.05, 3.63) is 40.2 Å². The molecular weight excluding hydrogens is 290 g/mol. The van der Waals surface area contributed by atoms with Crippen LogP contribution in [0.4, 0.5) is 5.69 Å². The molecule has 2 N–H and O–H groups in total. The molecule has 0 unspecified atom stereocenters. The van der Waals surface area contributed by atoms with Gasteiger partial charge in [0, 0.05) is 30.5 Å². The summed E-state index contributed by atoms with van der Waals surface area (Å²) in [5.41, 5.74) is 6.79. The Morgan fingerprint density at radius 2 is 1.83 bits per heavy atom. The summed E-state index contributed by atoms with van der Waals surface area (Å²) < 4.78 is 1.96. The van der Waals surface area contributed by atoms with Crippen LogP contribution in [0.3, 0.4) is 0 Å². The van der Waals surface area contributed by atoms with E-state index < -0.39 is 0 Å². The molecule has 0 aliphatic carbocycles. The van der Waals surface area contributed by atoms with E-state index in [4.69, 9.17) is 5.73 Å². The summed E-state index contributed by atoms with van der Waals surface area (Å²) in [5.74, 6) is -0.247. The lowest BCUT2D eigenvalue weighted by Crippen LogP contribution is -2.36. The second-order valence-corrected chi connectivity index (χ2v) is 6.63. The zero-order chi connectivity index (χ0) is 17.4. The minimum Gasteiger partial charge on any atom is -0.398 e. The number of pyridine rings is 1. The fourth-order valence-electron chi connectivity index (χ4n) is 2.79. The molecule has 0 bridgehead atoms. The summed E-state index contributed by atoms with van der Waals surface area (Å²) >= 11 is 0. The predicted octanol–water partition coefficient (Wildman–Crippen LogP) is 2.82. The van der Waals surface area contributed by atoms with E-state index in [2.05, 4.69) is 0 Å². The number of amides is 1. The first-order valence-electron chi connectivity index (χ1n) is 7.96. The summed E-state index contributed by atoms with van der Waals surface area (Å²) in [6.45, 7) is 11.0. The maximum atomic E-state index is 12.9. The number of carbonyl (C=O) groups excluding carboxylic acids is 1. The van der Waals surface area contributed by atoms with Crippen LogP contribution in [0.2, 0.25) is 0 Å². The van der Waals surface area contributed by atoms with Crippen LogP contribution in [0.15, 0.2) is 29.2 Å². The summed E-state index contributed by atoms with van der Waals surface area (Å²) in [5, 5.41) is 0.417. The quantitative estimate of drug-likeness (QED) is 0.886. The number of carbonyl (C=O) groups is 1. The van der Waals surface area contributed by atoms with Gasteiger partial charge in [-0.3, -0.25) is 9.59 Å². The van der Waals surface area contributed by atoms with Crippen LogP contribution in [0.1, 0.15) is 45.0 Å². The Bertz CT molecular complexity index is 796. The minimum absolute atomic E-state index is 0.175. The van der Waals surface area contributed by atoms with Gasteiger partial charge in [-0.2, -0.15) is 0 Å². The fraction of sp³-hybridized carbons (Fsp3) is 0.444. The van der Waals surface area contributed by atoms with Gasteiger partial charge in [0.15, 0.2) is 0 Å². The number of anilines is 1. The van der Waals surface area contributed by atoms with Crippen molar-refractivity contribution in [2.24, 2.45) is 0 Å². The van der Waals surface area contributed by atoms with E-state index in [0.29, 0.717) is 24.2 Å². The number of hydrogen-bond donors (Lipinski definition) is 1. The molecule has 124 valence electrons. The Morgan fingerprint density at radius 1 is 1.22 bits per heavy atom. The lowest BCUT2D eigenvalue weighted by molar-refractivity contribution is 0.0771. The number of fused-ring (bicyclic) bond motifs is 1. The summed E-state index contributed by atoms with van der Waals surface area (Å²) in [4.78, 5) is 27.2. The van der Waals surface area contributed by atoms with Crippen molar-refractivity contribution in [3.63, 3.8) is 0 Å². The van der Waals surface area contributed by atoms with Gasteiger partial charge in [-0.05, 0) is 46.8 Å². The molecule has 1 aromatic heterocycles. The molecule has 0 radical (unpaired) electrons. The zero-order valence-corrected chi connectivity index (χ0v) is 14.5. The third-order valence-electron chi connectivity index (χ3n) is 4.07. The second kappa shape index (κ2) is 6.07. The Kier molecular flexibility index (Phi) is 4.50. The van der Waals surface area contributed by atoms with Crippen LogP contribution in [-0.2, 0) is 5.54 Å². The van der Waals surface area contributed by atoms with Crippen molar-refractivity contribution in [2.75, 3.05) is 18.8 Å². The molecule has 2 aromatic rings. The van der Waals surface area contributed by atoms with Crippen molar-refractivity contribution in [2.45, 2.75) is 40.2 Å². The molecule has 5 nitrogen and oxygen atoms in total. The van der Waals surface area contributed by atoms with E-state index in [1.54, 1.807) is 17.2 Å². The first-order chi connectivity index (χ1) is 10.7. The molecule has 1 heterocycles. The van der Waals surface area contributed by atoms with Gasteiger partial charge in [0.05, 0.1) is 10.9 Å². The normalized spacial score (nSPS) is 11.7. The lowest BCUT2D eigenvalue weighted by Gasteiger charge is -2.27. The highest BCUT2D eigenvalue weighted by Crippen LogP contribution is 2.25. The van der Waals surface area contributed by atoms with Crippen LogP contribution >= 0.6 is 0 Å². The average Bonchev–Trinajstić information content (AvgIpc) is 2.47. The number of aromatic nitrogens is 1. The van der Waals surface area contributed by atoms with E-state index >= 15 is 0 Å². The highest BCUT2D eigenvalue weighted by Gasteiger charge is 2.24. The van der Waals surface area contributed by atoms with E-state index in [1.165, 1.54) is 0 Å². The highest BCUT2D eigenvalue weighted by molar-refractivity contribution is 6.00. The second-order valence-electron chi connectivity index (χ2n) is 6.63. The number of nitrogen functional groups attached to an aromatic ring is 1. The number of nitrogens with zero attached hydrogens (tertiary/aromatic N) is 2. The van der Waals surface area contributed by atoms with Crippen LogP contribution in [0.25, 0.3) is 10.9 Å². The molecule has 0 aliphatic rings. The number of nitrogens with two attached hydrogens (primary N) is 1. The van der Waals surface area contributed by atoms with Gasteiger partial charge >= 0.3 is 0 Å². The maximum Gasteiger partial charge on any atom is 0.259 e. The highest BCUT2D eigenvalue weighted by atomic mass is 16.2. The average molecular weight is 315 g/mol. The molecule has 1 amide bonds. The van der Waals surface area contributed by atoms with Crippen molar-refractivity contribution >= 4 is 22.5 Å². The Hall–Kier alpha value is -2.30.